The number of carbonyl (C=O) groups excluding carboxylic acids is 1. The Bertz CT molecular complexity index is 504. The van der Waals surface area contributed by atoms with Gasteiger partial charge in [-0.2, -0.15) is 9.90 Å². The molecule has 1 heterocycles. The molecule has 5 heteroatoms. The first-order valence-electron chi connectivity index (χ1n) is 5.45. The molecule has 2 aromatic rings. The minimum atomic E-state index is -0.206. The number of nitrogens with zero attached hydrogens (tertiary/aromatic N) is 3. The van der Waals surface area contributed by atoms with E-state index in [9.17, 15) is 4.79 Å². The van der Waals surface area contributed by atoms with E-state index in [2.05, 4.69) is 15.5 Å². The third-order valence-corrected chi connectivity index (χ3v) is 2.13. The molecule has 1 N–H and O–H groups in total. The van der Waals surface area contributed by atoms with Gasteiger partial charge in [-0.05, 0) is 26.0 Å². The summed E-state index contributed by atoms with van der Waals surface area (Å²) in [6.07, 6.45) is 1.46. The van der Waals surface area contributed by atoms with Gasteiger partial charge in [0.1, 0.15) is 0 Å². The highest BCUT2D eigenvalue weighted by Gasteiger charge is 2.11. The lowest BCUT2D eigenvalue weighted by atomic mass is 10.3. The quantitative estimate of drug-likeness (QED) is 0.867. The molecule has 0 fully saturated rings. The van der Waals surface area contributed by atoms with Crippen LogP contribution in [0.3, 0.4) is 0 Å². The second-order valence-corrected chi connectivity index (χ2v) is 3.98. The second kappa shape index (κ2) is 4.78. The van der Waals surface area contributed by atoms with Gasteiger partial charge < -0.3 is 5.32 Å². The van der Waals surface area contributed by atoms with Crippen LogP contribution in [0.15, 0.2) is 36.5 Å². The largest absolute Gasteiger partial charge is 0.348 e. The SMILES string of the molecule is CC(C)NC(=O)c1cnn(-c2ccccc2)n1. The lowest BCUT2D eigenvalue weighted by molar-refractivity contribution is 0.0937. The lowest BCUT2D eigenvalue weighted by Crippen LogP contribution is -2.30. The molecule has 0 bridgehead atoms. The van der Waals surface area contributed by atoms with Gasteiger partial charge in [-0.1, -0.05) is 18.2 Å². The maximum atomic E-state index is 11.7. The van der Waals surface area contributed by atoms with Crippen LogP contribution in [0.1, 0.15) is 24.3 Å². The summed E-state index contributed by atoms with van der Waals surface area (Å²) in [7, 11) is 0. The highest BCUT2D eigenvalue weighted by Crippen LogP contribution is 2.04. The molecule has 17 heavy (non-hydrogen) atoms. The summed E-state index contributed by atoms with van der Waals surface area (Å²) in [5.74, 6) is -0.206. The number of aromatic nitrogens is 3. The molecule has 0 aliphatic rings. The Labute approximate surface area is 99.5 Å². The van der Waals surface area contributed by atoms with Crippen LogP contribution in [-0.4, -0.2) is 26.9 Å². The molecule has 88 valence electrons. The number of para-hydroxylation sites is 1. The molecule has 1 aromatic carbocycles. The van der Waals surface area contributed by atoms with Crippen molar-refractivity contribution in [3.05, 3.63) is 42.2 Å². The third kappa shape index (κ3) is 2.69. The van der Waals surface area contributed by atoms with E-state index in [-0.39, 0.29) is 11.9 Å². The van der Waals surface area contributed by atoms with Crippen LogP contribution >= 0.6 is 0 Å². The predicted octanol–water partition coefficient (Wildman–Crippen LogP) is 1.41. The van der Waals surface area contributed by atoms with Crippen molar-refractivity contribution in [1.82, 2.24) is 20.3 Å². The van der Waals surface area contributed by atoms with Gasteiger partial charge in [0.15, 0.2) is 5.69 Å². The Balaban J connectivity index is 2.19. The first kappa shape index (κ1) is 11.3. The number of nitrogens with one attached hydrogen (secondary N) is 1. The summed E-state index contributed by atoms with van der Waals surface area (Å²) in [6.45, 7) is 3.80. The van der Waals surface area contributed by atoms with E-state index in [0.717, 1.165) is 5.69 Å². The average molecular weight is 230 g/mol. The number of hydrogen-bond donors (Lipinski definition) is 1. The van der Waals surface area contributed by atoms with Gasteiger partial charge >= 0.3 is 0 Å². The highest BCUT2D eigenvalue weighted by atomic mass is 16.2. The van der Waals surface area contributed by atoms with Crippen molar-refractivity contribution in [1.29, 1.82) is 0 Å². The Hall–Kier alpha value is -2.17. The topological polar surface area (TPSA) is 59.8 Å². The van der Waals surface area contributed by atoms with Crippen LogP contribution in [0, 0.1) is 0 Å². The Morgan fingerprint density at radius 2 is 2.00 bits per heavy atom. The maximum Gasteiger partial charge on any atom is 0.273 e. The molecule has 0 aliphatic carbocycles. The van der Waals surface area contributed by atoms with Crippen LogP contribution in [0.4, 0.5) is 0 Å². The zero-order chi connectivity index (χ0) is 12.3. The first-order chi connectivity index (χ1) is 8.16. The van der Waals surface area contributed by atoms with Gasteiger partial charge in [0, 0.05) is 6.04 Å². The molecule has 1 amide bonds. The summed E-state index contributed by atoms with van der Waals surface area (Å²) >= 11 is 0. The Morgan fingerprint density at radius 3 is 2.65 bits per heavy atom. The summed E-state index contributed by atoms with van der Waals surface area (Å²) in [6, 6.07) is 9.55. The van der Waals surface area contributed by atoms with Gasteiger partial charge in [-0.25, -0.2) is 0 Å². The van der Waals surface area contributed by atoms with E-state index in [4.69, 9.17) is 0 Å². The van der Waals surface area contributed by atoms with E-state index in [1.54, 1.807) is 0 Å². The van der Waals surface area contributed by atoms with Crippen molar-refractivity contribution >= 4 is 5.91 Å². The monoisotopic (exact) mass is 230 g/mol. The predicted molar refractivity (Wildman–Crippen MR) is 64.0 cm³/mol. The van der Waals surface area contributed by atoms with Crippen LogP contribution in [0.2, 0.25) is 0 Å². The van der Waals surface area contributed by atoms with Gasteiger partial charge in [-0.3, -0.25) is 4.79 Å². The van der Waals surface area contributed by atoms with Gasteiger partial charge in [0.25, 0.3) is 5.91 Å². The molecule has 1 aromatic heterocycles. The van der Waals surface area contributed by atoms with Crippen LogP contribution in [-0.2, 0) is 0 Å². The van der Waals surface area contributed by atoms with Gasteiger partial charge in [0.05, 0.1) is 11.9 Å². The summed E-state index contributed by atoms with van der Waals surface area (Å²) in [4.78, 5) is 13.1. The standard InChI is InChI=1S/C12H14N4O/c1-9(2)14-12(17)11-8-13-16(15-11)10-6-4-3-5-7-10/h3-9H,1-2H3,(H,14,17). The molecule has 0 spiro atoms. The van der Waals surface area contributed by atoms with Crippen molar-refractivity contribution in [2.75, 3.05) is 0 Å². The van der Waals surface area contributed by atoms with E-state index >= 15 is 0 Å². The van der Waals surface area contributed by atoms with Gasteiger partial charge in [0.2, 0.25) is 0 Å². The minimum Gasteiger partial charge on any atom is -0.348 e. The first-order valence-corrected chi connectivity index (χ1v) is 5.45. The number of amides is 1. The lowest BCUT2D eigenvalue weighted by Gasteiger charge is -2.04. The Kier molecular flexibility index (Phi) is 3.18. The van der Waals surface area contributed by atoms with E-state index in [1.807, 2.05) is 44.2 Å². The van der Waals surface area contributed by atoms with Crippen molar-refractivity contribution in [3.8, 4) is 5.69 Å². The molecule has 0 radical (unpaired) electrons. The van der Waals surface area contributed by atoms with Crippen LogP contribution in [0.25, 0.3) is 5.69 Å². The fraction of sp³-hybridized carbons (Fsp3) is 0.250. The van der Waals surface area contributed by atoms with Crippen molar-refractivity contribution in [2.45, 2.75) is 19.9 Å². The normalized spacial score (nSPS) is 10.5. The summed E-state index contributed by atoms with van der Waals surface area (Å²) < 4.78 is 0. The Morgan fingerprint density at radius 1 is 1.29 bits per heavy atom. The fourth-order valence-electron chi connectivity index (χ4n) is 1.39. The van der Waals surface area contributed by atoms with E-state index in [1.165, 1.54) is 11.0 Å². The summed E-state index contributed by atoms with van der Waals surface area (Å²) in [5.41, 5.74) is 1.15. The van der Waals surface area contributed by atoms with E-state index in [0.29, 0.717) is 5.69 Å². The average Bonchev–Trinajstić information content (AvgIpc) is 2.78. The van der Waals surface area contributed by atoms with Crippen molar-refractivity contribution < 1.29 is 4.79 Å². The zero-order valence-corrected chi connectivity index (χ0v) is 9.79. The fourth-order valence-corrected chi connectivity index (χ4v) is 1.39. The second-order valence-electron chi connectivity index (χ2n) is 3.98. The number of hydrogen-bond acceptors (Lipinski definition) is 3. The molecule has 0 saturated heterocycles. The molecule has 0 saturated carbocycles. The van der Waals surface area contributed by atoms with E-state index < -0.39 is 0 Å². The molecule has 0 aliphatic heterocycles. The molecule has 0 unspecified atom stereocenters. The zero-order valence-electron chi connectivity index (χ0n) is 9.79. The smallest absolute Gasteiger partial charge is 0.273 e. The molecule has 0 atom stereocenters. The molecular weight excluding hydrogens is 216 g/mol. The number of carbonyl (C=O) groups is 1. The van der Waals surface area contributed by atoms with Gasteiger partial charge in [-0.15, -0.1) is 5.10 Å². The molecule has 5 nitrogen and oxygen atoms in total. The minimum absolute atomic E-state index is 0.0874. The number of rotatable bonds is 3. The summed E-state index contributed by atoms with van der Waals surface area (Å²) in [5, 5.41) is 11.0. The molecule has 2 rings (SSSR count). The third-order valence-electron chi connectivity index (χ3n) is 2.13. The van der Waals surface area contributed by atoms with Crippen molar-refractivity contribution in [2.24, 2.45) is 0 Å². The number of benzene rings is 1. The molecular formula is C12H14N4O. The maximum absolute atomic E-state index is 11.7. The van der Waals surface area contributed by atoms with Crippen LogP contribution in [0.5, 0.6) is 0 Å². The van der Waals surface area contributed by atoms with Crippen LogP contribution < -0.4 is 5.32 Å². The highest BCUT2D eigenvalue weighted by molar-refractivity contribution is 5.92. The van der Waals surface area contributed by atoms with Crippen molar-refractivity contribution in [3.63, 3.8) is 0 Å².